The van der Waals surface area contributed by atoms with E-state index in [9.17, 15) is 28.2 Å². The molecule has 0 aromatic heterocycles. The van der Waals surface area contributed by atoms with Gasteiger partial charge in [-0.05, 0) is 96.9 Å². The molecule has 1 aromatic rings. The average molecular weight is 777 g/mol. The molecule has 45 heavy (non-hydrogen) atoms. The van der Waals surface area contributed by atoms with Crippen LogP contribution in [0.5, 0.6) is 0 Å². The van der Waals surface area contributed by atoms with Crippen LogP contribution in [0.25, 0.3) is 0 Å². The van der Waals surface area contributed by atoms with Gasteiger partial charge in [-0.2, -0.15) is 0 Å². The molecule has 0 amide bonds. The van der Waals surface area contributed by atoms with E-state index in [1.807, 2.05) is 32.1 Å². The Morgan fingerprint density at radius 2 is 1.22 bits per heavy atom. The van der Waals surface area contributed by atoms with Crippen LogP contribution in [-0.2, 0) is 28.9 Å². The van der Waals surface area contributed by atoms with Gasteiger partial charge in [0.05, 0.1) is 35.6 Å². The van der Waals surface area contributed by atoms with Gasteiger partial charge in [-0.25, -0.2) is 8.42 Å². The number of hydrogen-bond donors (Lipinski definition) is 2. The summed E-state index contributed by atoms with van der Waals surface area (Å²) in [5.74, 6) is -1.05. The fourth-order valence-corrected chi connectivity index (χ4v) is 7.09. The van der Waals surface area contributed by atoms with Gasteiger partial charge in [-0.1, -0.05) is 85.5 Å². The summed E-state index contributed by atoms with van der Waals surface area (Å²) >= 11 is 6.40. The quantitative estimate of drug-likeness (QED) is 0.0880. The van der Waals surface area contributed by atoms with E-state index in [1.54, 1.807) is 64.1 Å². The lowest BCUT2D eigenvalue weighted by molar-refractivity contribution is -0.144. The van der Waals surface area contributed by atoms with Crippen LogP contribution in [0, 0.1) is 0 Å². The van der Waals surface area contributed by atoms with Crippen molar-refractivity contribution >= 4 is 53.6 Å². The normalized spacial score (nSPS) is 16.8. The number of esters is 2. The van der Waals surface area contributed by atoms with Crippen molar-refractivity contribution < 1.29 is 37.7 Å². The van der Waals surface area contributed by atoms with Crippen molar-refractivity contribution in [1.82, 2.24) is 0 Å². The minimum absolute atomic E-state index is 0.222. The van der Waals surface area contributed by atoms with Crippen molar-refractivity contribution in [3.63, 3.8) is 0 Å². The number of hydrogen-bond acceptors (Lipinski definition) is 8. The maximum absolute atomic E-state index is 13.6. The zero-order valence-electron chi connectivity index (χ0n) is 27.0. The highest BCUT2D eigenvalue weighted by atomic mass is 79.9. The number of ether oxygens (including phenoxy) is 2. The molecule has 11 heteroatoms. The first-order chi connectivity index (χ1) is 21.2. The second-order valence-electron chi connectivity index (χ2n) is 10.9. The van der Waals surface area contributed by atoms with Gasteiger partial charge in [0.1, 0.15) is 9.65 Å². The van der Waals surface area contributed by atoms with Gasteiger partial charge in [-0.3, -0.25) is 9.59 Å². The highest BCUT2D eigenvalue weighted by Crippen LogP contribution is 2.24. The van der Waals surface area contributed by atoms with Gasteiger partial charge in [-0.15, -0.1) is 0 Å². The number of halogens is 2. The Balaban J connectivity index is 3.03. The molecule has 2 N–H and O–H groups in total. The highest BCUT2D eigenvalue weighted by molar-refractivity contribution is 9.10. The Morgan fingerprint density at radius 3 is 1.67 bits per heavy atom. The smallest absolute Gasteiger partial charge is 0.322 e. The van der Waals surface area contributed by atoms with Crippen molar-refractivity contribution in [3.05, 3.63) is 76.9 Å². The van der Waals surface area contributed by atoms with Crippen LogP contribution in [0.15, 0.2) is 81.8 Å². The van der Waals surface area contributed by atoms with Crippen molar-refractivity contribution in [2.75, 3.05) is 13.2 Å². The lowest BCUT2D eigenvalue weighted by atomic mass is 10.0. The van der Waals surface area contributed by atoms with Crippen LogP contribution in [0.2, 0.25) is 0 Å². The molecule has 0 spiro atoms. The van der Waals surface area contributed by atoms with Crippen LogP contribution >= 0.6 is 31.9 Å². The largest absolute Gasteiger partial charge is 0.465 e. The zero-order valence-corrected chi connectivity index (χ0v) is 31.0. The zero-order chi connectivity index (χ0) is 34.2. The molecule has 0 heterocycles. The molecular weight excluding hydrogens is 728 g/mol. The number of carbonyl (C=O) groups is 2. The molecule has 5 atom stereocenters. The van der Waals surface area contributed by atoms with Crippen LogP contribution in [0.1, 0.15) is 73.6 Å². The summed E-state index contributed by atoms with van der Waals surface area (Å²) in [6.45, 7) is 11.2. The molecule has 0 aliphatic heterocycles. The van der Waals surface area contributed by atoms with Crippen molar-refractivity contribution in [2.45, 2.75) is 106 Å². The predicted molar refractivity (Wildman–Crippen MR) is 186 cm³/mol. The second kappa shape index (κ2) is 20.9. The molecule has 0 fully saturated rings. The van der Waals surface area contributed by atoms with Gasteiger partial charge < -0.3 is 19.7 Å². The number of rotatable bonds is 19. The third kappa shape index (κ3) is 14.1. The van der Waals surface area contributed by atoms with E-state index in [2.05, 4.69) is 31.9 Å². The number of benzene rings is 1. The molecule has 8 nitrogen and oxygen atoms in total. The summed E-state index contributed by atoms with van der Waals surface area (Å²) in [6, 6.07) is 8.38. The first-order valence-corrected chi connectivity index (χ1v) is 18.5. The number of sulfone groups is 1. The average Bonchev–Trinajstić information content (AvgIpc) is 3.01. The Kier molecular flexibility index (Phi) is 19.1. The molecule has 0 saturated heterocycles. The topological polar surface area (TPSA) is 127 Å². The van der Waals surface area contributed by atoms with E-state index in [-0.39, 0.29) is 24.5 Å². The molecule has 0 aliphatic rings. The van der Waals surface area contributed by atoms with E-state index in [1.165, 1.54) is 0 Å². The molecule has 5 unspecified atom stereocenters. The van der Waals surface area contributed by atoms with Crippen molar-refractivity contribution in [3.8, 4) is 0 Å². The molecule has 1 aromatic carbocycles. The van der Waals surface area contributed by atoms with E-state index >= 15 is 0 Å². The van der Waals surface area contributed by atoms with Gasteiger partial charge >= 0.3 is 11.9 Å². The van der Waals surface area contributed by atoms with Crippen LogP contribution in [-0.4, -0.2) is 70.9 Å². The fraction of sp³-hybridized carbons (Fsp3) is 0.529. The SMILES string of the molecule is CCOC(=O)C(Br)C(O)/C(C)=C/CC/C(C)=C/CC(/C=C(\C)CC/C=C(\C)C(O)C(Br)C(=O)OCC)S(=O)(=O)c1ccccc1. The number of carbonyl (C=O) groups excluding carboxylic acids is 2. The summed E-state index contributed by atoms with van der Waals surface area (Å²) < 4.78 is 37.2. The van der Waals surface area contributed by atoms with E-state index in [4.69, 9.17) is 9.47 Å². The number of alkyl halides is 2. The lowest BCUT2D eigenvalue weighted by Gasteiger charge is -2.17. The molecule has 252 valence electrons. The fourth-order valence-electron chi connectivity index (χ4n) is 4.35. The minimum atomic E-state index is -3.67. The van der Waals surface area contributed by atoms with E-state index < -0.39 is 48.9 Å². The van der Waals surface area contributed by atoms with E-state index in [0.29, 0.717) is 36.8 Å². The maximum Gasteiger partial charge on any atom is 0.322 e. The minimum Gasteiger partial charge on any atom is -0.465 e. The number of allylic oxidation sites excluding steroid dienone is 5. The van der Waals surface area contributed by atoms with Crippen LogP contribution in [0.3, 0.4) is 0 Å². The summed E-state index contributed by atoms with van der Waals surface area (Å²) in [4.78, 5) is 22.4. The summed E-state index contributed by atoms with van der Waals surface area (Å²) in [7, 11) is -3.67. The lowest BCUT2D eigenvalue weighted by Crippen LogP contribution is -2.31. The van der Waals surface area contributed by atoms with Gasteiger partial charge in [0, 0.05) is 0 Å². The standard InChI is InChI=1S/C34H48Br2O8S/c1-7-43-33(39)29(35)31(37)25(5)16-12-14-23(3)20-21-28(45(41,42)27-18-10-9-11-19-27)22-24(4)15-13-17-26(6)32(38)30(36)34(40)44-8-2/h9-11,16-20,22,28-32,37-38H,7-8,12-15,21H2,1-6H3/b23-20+,24-22+,25-16+,26-17+. The monoisotopic (exact) mass is 774 g/mol. The number of aliphatic hydroxyl groups is 2. The molecule has 0 saturated carbocycles. The van der Waals surface area contributed by atoms with Crippen LogP contribution < -0.4 is 0 Å². The maximum atomic E-state index is 13.6. The molecule has 1 rings (SSSR count). The van der Waals surface area contributed by atoms with Gasteiger partial charge in [0.25, 0.3) is 0 Å². The Hall–Kier alpha value is -2.05. The van der Waals surface area contributed by atoms with Gasteiger partial charge in [0.15, 0.2) is 9.84 Å². The number of aliphatic hydroxyl groups excluding tert-OH is 2. The van der Waals surface area contributed by atoms with Crippen LogP contribution in [0.4, 0.5) is 0 Å². The highest BCUT2D eigenvalue weighted by Gasteiger charge is 2.28. The summed E-state index contributed by atoms with van der Waals surface area (Å²) in [6.07, 6.45) is 8.09. The van der Waals surface area contributed by atoms with Crippen molar-refractivity contribution in [1.29, 1.82) is 0 Å². The second-order valence-corrected chi connectivity index (χ2v) is 15.0. The first kappa shape index (κ1) is 41.0. The van der Waals surface area contributed by atoms with E-state index in [0.717, 1.165) is 11.1 Å². The van der Waals surface area contributed by atoms with Crippen molar-refractivity contribution in [2.24, 2.45) is 0 Å². The molecule has 0 aliphatic carbocycles. The third-order valence-electron chi connectivity index (χ3n) is 7.16. The third-order valence-corrected chi connectivity index (χ3v) is 11.0. The molecular formula is C34H48Br2O8S. The predicted octanol–water partition coefficient (Wildman–Crippen LogP) is 6.94. The summed E-state index contributed by atoms with van der Waals surface area (Å²) in [5.41, 5.74) is 3.16. The molecule has 0 bridgehead atoms. The van der Waals surface area contributed by atoms with Gasteiger partial charge in [0.2, 0.25) is 0 Å². The first-order valence-electron chi connectivity index (χ1n) is 15.1. The summed E-state index contributed by atoms with van der Waals surface area (Å²) in [5, 5.41) is 20.2. The molecule has 0 radical (unpaired) electrons. The Labute approximate surface area is 285 Å². The Bertz CT molecular complexity index is 1320. The Morgan fingerprint density at radius 1 is 0.778 bits per heavy atom.